The van der Waals surface area contributed by atoms with Crippen molar-refractivity contribution in [1.29, 1.82) is 0 Å². The highest BCUT2D eigenvalue weighted by Crippen LogP contribution is 2.35. The van der Waals surface area contributed by atoms with Gasteiger partial charge in [0.1, 0.15) is 17.2 Å². The minimum absolute atomic E-state index is 0.0740. The third kappa shape index (κ3) is 4.58. The molecule has 6 nitrogen and oxygen atoms in total. The molecule has 3 aromatic rings. The van der Waals surface area contributed by atoms with Crippen LogP contribution < -0.4 is 15.0 Å². The van der Waals surface area contributed by atoms with Crippen molar-refractivity contribution in [1.82, 2.24) is 10.3 Å². The van der Waals surface area contributed by atoms with Gasteiger partial charge >= 0.3 is 0 Å². The fourth-order valence-electron chi connectivity index (χ4n) is 3.84. The summed E-state index contributed by atoms with van der Waals surface area (Å²) in [6, 6.07) is 17.9. The van der Waals surface area contributed by atoms with Crippen LogP contribution in [-0.4, -0.2) is 29.6 Å². The standard InChI is InChI=1S/C25H29N3O3/c1-4-19(5-2)26-24(29)23-16-28(21-13-9-10-14-22(21)31-23)15-20-17(3)30-25(27-20)18-11-7-6-8-12-18/h6-14,19,23H,4-5,15-16H2,1-3H3,(H,26,29). The first-order chi connectivity index (χ1) is 15.1. The third-order valence-electron chi connectivity index (χ3n) is 5.74. The quantitative estimate of drug-likeness (QED) is 0.600. The van der Waals surface area contributed by atoms with Gasteiger partial charge in [-0.1, -0.05) is 44.2 Å². The van der Waals surface area contributed by atoms with Crippen LogP contribution in [0.15, 0.2) is 59.0 Å². The largest absolute Gasteiger partial charge is 0.477 e. The molecule has 0 saturated heterocycles. The summed E-state index contributed by atoms with van der Waals surface area (Å²) in [4.78, 5) is 19.8. The van der Waals surface area contributed by atoms with Crippen molar-refractivity contribution in [3.05, 3.63) is 66.1 Å². The smallest absolute Gasteiger partial charge is 0.263 e. The van der Waals surface area contributed by atoms with Crippen molar-refractivity contribution in [2.24, 2.45) is 0 Å². The minimum atomic E-state index is -0.573. The van der Waals surface area contributed by atoms with Crippen LogP contribution in [0, 0.1) is 6.92 Å². The average Bonchev–Trinajstić information content (AvgIpc) is 3.18. The Morgan fingerprint density at radius 3 is 2.58 bits per heavy atom. The van der Waals surface area contributed by atoms with Gasteiger partial charge in [-0.15, -0.1) is 0 Å². The van der Waals surface area contributed by atoms with Gasteiger partial charge in [0, 0.05) is 11.6 Å². The van der Waals surface area contributed by atoms with Gasteiger partial charge in [-0.05, 0) is 44.0 Å². The SMILES string of the molecule is CCC(CC)NC(=O)C1CN(Cc2nc(-c3ccccc3)oc2C)c2ccccc2O1. The number of carbonyl (C=O) groups excluding carboxylic acids is 1. The Labute approximate surface area is 183 Å². The Morgan fingerprint density at radius 1 is 1.13 bits per heavy atom. The van der Waals surface area contributed by atoms with E-state index >= 15 is 0 Å². The summed E-state index contributed by atoms with van der Waals surface area (Å²) < 4.78 is 12.0. The molecule has 0 bridgehead atoms. The molecule has 0 fully saturated rings. The molecule has 2 heterocycles. The topological polar surface area (TPSA) is 67.6 Å². The summed E-state index contributed by atoms with van der Waals surface area (Å²) in [6.07, 6.45) is 1.22. The molecule has 4 rings (SSSR count). The molecule has 1 aromatic heterocycles. The fraction of sp³-hybridized carbons (Fsp3) is 0.360. The van der Waals surface area contributed by atoms with Crippen molar-refractivity contribution in [2.75, 3.05) is 11.4 Å². The van der Waals surface area contributed by atoms with Crippen LogP contribution in [-0.2, 0) is 11.3 Å². The highest BCUT2D eigenvalue weighted by Gasteiger charge is 2.32. The number of aromatic nitrogens is 1. The first kappa shape index (κ1) is 21.0. The molecule has 0 spiro atoms. The lowest BCUT2D eigenvalue weighted by Crippen LogP contribution is -2.51. The Kier molecular flexibility index (Phi) is 6.26. The lowest BCUT2D eigenvalue weighted by atomic mass is 10.1. The molecule has 31 heavy (non-hydrogen) atoms. The number of aryl methyl sites for hydroxylation is 1. The maximum absolute atomic E-state index is 12.9. The van der Waals surface area contributed by atoms with Crippen LogP contribution in [0.25, 0.3) is 11.5 Å². The molecule has 2 aromatic carbocycles. The molecule has 0 radical (unpaired) electrons. The maximum atomic E-state index is 12.9. The van der Waals surface area contributed by atoms with Gasteiger partial charge in [0.05, 0.1) is 18.8 Å². The van der Waals surface area contributed by atoms with Crippen molar-refractivity contribution >= 4 is 11.6 Å². The van der Waals surface area contributed by atoms with Gasteiger partial charge in [-0.3, -0.25) is 4.79 Å². The number of anilines is 1. The zero-order valence-electron chi connectivity index (χ0n) is 18.3. The number of oxazole rings is 1. The highest BCUT2D eigenvalue weighted by molar-refractivity contribution is 5.83. The minimum Gasteiger partial charge on any atom is -0.477 e. The van der Waals surface area contributed by atoms with Crippen LogP contribution in [0.1, 0.15) is 38.1 Å². The van der Waals surface area contributed by atoms with E-state index in [9.17, 15) is 4.79 Å². The summed E-state index contributed by atoms with van der Waals surface area (Å²) in [5.74, 6) is 2.02. The number of amides is 1. The number of para-hydroxylation sites is 2. The molecule has 0 aliphatic carbocycles. The first-order valence-corrected chi connectivity index (χ1v) is 10.9. The monoisotopic (exact) mass is 419 g/mol. The molecule has 1 aliphatic rings. The molecule has 6 heteroatoms. The number of carbonyl (C=O) groups is 1. The third-order valence-corrected chi connectivity index (χ3v) is 5.74. The Morgan fingerprint density at radius 2 is 1.84 bits per heavy atom. The molecule has 1 unspecified atom stereocenters. The Hall–Kier alpha value is -3.28. The number of nitrogens with zero attached hydrogens (tertiary/aromatic N) is 2. The van der Waals surface area contributed by atoms with Gasteiger partial charge < -0.3 is 19.4 Å². The van der Waals surface area contributed by atoms with Crippen LogP contribution >= 0.6 is 0 Å². The van der Waals surface area contributed by atoms with E-state index in [2.05, 4.69) is 24.1 Å². The Balaban J connectivity index is 1.57. The van der Waals surface area contributed by atoms with E-state index in [0.29, 0.717) is 24.7 Å². The average molecular weight is 420 g/mol. The van der Waals surface area contributed by atoms with Crippen LogP contribution in [0.3, 0.4) is 0 Å². The second kappa shape index (κ2) is 9.25. The van der Waals surface area contributed by atoms with Gasteiger partial charge in [0.25, 0.3) is 5.91 Å². The number of nitrogens with one attached hydrogen (secondary N) is 1. The van der Waals surface area contributed by atoms with Gasteiger partial charge in [0.15, 0.2) is 6.10 Å². The van der Waals surface area contributed by atoms with Crippen LogP contribution in [0.5, 0.6) is 5.75 Å². The predicted octanol–water partition coefficient (Wildman–Crippen LogP) is 4.72. The van der Waals surface area contributed by atoms with Crippen molar-refractivity contribution < 1.29 is 13.9 Å². The summed E-state index contributed by atoms with van der Waals surface area (Å²) in [6.45, 7) is 7.08. The number of rotatable bonds is 7. The summed E-state index contributed by atoms with van der Waals surface area (Å²) in [5.41, 5.74) is 2.76. The summed E-state index contributed by atoms with van der Waals surface area (Å²) in [7, 11) is 0. The second-order valence-corrected chi connectivity index (χ2v) is 7.86. The number of hydrogen-bond acceptors (Lipinski definition) is 5. The van der Waals surface area contributed by atoms with E-state index in [4.69, 9.17) is 14.1 Å². The van der Waals surface area contributed by atoms with E-state index in [-0.39, 0.29) is 11.9 Å². The van der Waals surface area contributed by atoms with Crippen molar-refractivity contribution in [2.45, 2.75) is 52.3 Å². The lowest BCUT2D eigenvalue weighted by molar-refractivity contribution is -0.128. The van der Waals surface area contributed by atoms with Gasteiger partial charge in [-0.25, -0.2) is 4.98 Å². The highest BCUT2D eigenvalue weighted by atomic mass is 16.5. The zero-order valence-corrected chi connectivity index (χ0v) is 18.3. The number of ether oxygens (including phenoxy) is 1. The van der Waals surface area contributed by atoms with E-state index in [1.807, 2.05) is 61.5 Å². The molecule has 1 amide bonds. The zero-order chi connectivity index (χ0) is 21.8. The molecule has 0 saturated carbocycles. The van der Waals surface area contributed by atoms with Crippen LogP contribution in [0.2, 0.25) is 0 Å². The van der Waals surface area contributed by atoms with E-state index in [1.54, 1.807) is 0 Å². The Bertz CT molecular complexity index is 1030. The normalized spacial score (nSPS) is 15.5. The molecule has 1 atom stereocenters. The molecular weight excluding hydrogens is 390 g/mol. The van der Waals surface area contributed by atoms with Gasteiger partial charge in [-0.2, -0.15) is 0 Å². The van der Waals surface area contributed by atoms with E-state index < -0.39 is 6.10 Å². The fourth-order valence-corrected chi connectivity index (χ4v) is 3.84. The van der Waals surface area contributed by atoms with Crippen LogP contribution in [0.4, 0.5) is 5.69 Å². The van der Waals surface area contributed by atoms with E-state index in [0.717, 1.165) is 35.5 Å². The number of benzene rings is 2. The molecule has 1 aliphatic heterocycles. The lowest BCUT2D eigenvalue weighted by Gasteiger charge is -2.35. The molecule has 1 N–H and O–H groups in total. The molecular formula is C25H29N3O3. The molecule has 162 valence electrons. The van der Waals surface area contributed by atoms with Crippen molar-refractivity contribution in [3.63, 3.8) is 0 Å². The van der Waals surface area contributed by atoms with Gasteiger partial charge in [0.2, 0.25) is 5.89 Å². The first-order valence-electron chi connectivity index (χ1n) is 10.9. The van der Waals surface area contributed by atoms with E-state index in [1.165, 1.54) is 0 Å². The summed E-state index contributed by atoms with van der Waals surface area (Å²) in [5, 5.41) is 3.11. The number of fused-ring (bicyclic) bond motifs is 1. The summed E-state index contributed by atoms with van der Waals surface area (Å²) >= 11 is 0. The second-order valence-electron chi connectivity index (χ2n) is 7.86. The number of hydrogen-bond donors (Lipinski definition) is 1. The predicted molar refractivity (Wildman–Crippen MR) is 121 cm³/mol. The maximum Gasteiger partial charge on any atom is 0.263 e. The van der Waals surface area contributed by atoms with Crippen molar-refractivity contribution in [3.8, 4) is 17.2 Å².